The summed E-state index contributed by atoms with van der Waals surface area (Å²) >= 11 is 0. The zero-order valence-corrected chi connectivity index (χ0v) is 10.7. The van der Waals surface area contributed by atoms with E-state index in [0.717, 1.165) is 11.7 Å². The van der Waals surface area contributed by atoms with Gasteiger partial charge in [0.1, 0.15) is 5.75 Å². The first kappa shape index (κ1) is 11.3. The Bertz CT molecular complexity index is 505. The summed E-state index contributed by atoms with van der Waals surface area (Å²) in [5.41, 5.74) is 2.83. The second kappa shape index (κ2) is 4.85. The Labute approximate surface area is 108 Å². The smallest absolute Gasteiger partial charge is 0.118 e. The van der Waals surface area contributed by atoms with Crippen molar-refractivity contribution < 1.29 is 4.74 Å². The molecule has 1 aromatic rings. The van der Waals surface area contributed by atoms with Crippen molar-refractivity contribution >= 4 is 6.08 Å². The number of methoxy groups -OCH3 is 1. The summed E-state index contributed by atoms with van der Waals surface area (Å²) < 4.78 is 5.18. The summed E-state index contributed by atoms with van der Waals surface area (Å²) in [5.74, 6) is 2.28. The maximum Gasteiger partial charge on any atom is 0.118 e. The number of rotatable bonds is 2. The van der Waals surface area contributed by atoms with Gasteiger partial charge in [0, 0.05) is 0 Å². The predicted octanol–water partition coefficient (Wildman–Crippen LogP) is 4.23. The van der Waals surface area contributed by atoms with Gasteiger partial charge in [-0.15, -0.1) is 0 Å². The Morgan fingerprint density at radius 1 is 1.11 bits per heavy atom. The molecule has 0 aromatic heterocycles. The van der Waals surface area contributed by atoms with Crippen LogP contribution >= 0.6 is 0 Å². The molecule has 0 saturated heterocycles. The minimum atomic E-state index is 0.632. The molecule has 1 nitrogen and oxygen atoms in total. The quantitative estimate of drug-likeness (QED) is 0.749. The van der Waals surface area contributed by atoms with E-state index in [1.807, 2.05) is 12.1 Å². The second-order valence-electron chi connectivity index (χ2n) is 5.07. The zero-order chi connectivity index (χ0) is 12.4. The van der Waals surface area contributed by atoms with Crippen molar-refractivity contribution in [2.45, 2.75) is 12.8 Å². The van der Waals surface area contributed by atoms with Gasteiger partial charge in [-0.05, 0) is 42.4 Å². The third-order valence-corrected chi connectivity index (χ3v) is 3.84. The van der Waals surface area contributed by atoms with Crippen LogP contribution in [0.15, 0.2) is 54.1 Å². The van der Waals surface area contributed by atoms with E-state index in [1.165, 1.54) is 18.4 Å². The molecule has 1 saturated carbocycles. The zero-order valence-electron chi connectivity index (χ0n) is 10.7. The molecule has 2 aliphatic carbocycles. The van der Waals surface area contributed by atoms with Gasteiger partial charge in [-0.3, -0.25) is 0 Å². The minimum Gasteiger partial charge on any atom is -0.497 e. The maximum atomic E-state index is 5.18. The van der Waals surface area contributed by atoms with Crippen LogP contribution in [0.1, 0.15) is 18.4 Å². The number of benzene rings is 1. The van der Waals surface area contributed by atoms with Crippen LogP contribution in [0.4, 0.5) is 0 Å². The van der Waals surface area contributed by atoms with E-state index >= 15 is 0 Å². The monoisotopic (exact) mass is 238 g/mol. The largest absolute Gasteiger partial charge is 0.497 e. The van der Waals surface area contributed by atoms with E-state index in [1.54, 1.807) is 12.7 Å². The molecule has 92 valence electrons. The number of ether oxygens (including phenoxy) is 1. The molecule has 2 bridgehead atoms. The van der Waals surface area contributed by atoms with Gasteiger partial charge < -0.3 is 4.74 Å². The first-order valence-corrected chi connectivity index (χ1v) is 6.54. The molecule has 0 aliphatic heterocycles. The molecule has 0 amide bonds. The highest BCUT2D eigenvalue weighted by Crippen LogP contribution is 2.40. The van der Waals surface area contributed by atoms with Crippen LogP contribution in [0, 0.1) is 11.8 Å². The first-order chi connectivity index (χ1) is 8.85. The van der Waals surface area contributed by atoms with Gasteiger partial charge in [0.2, 0.25) is 0 Å². The van der Waals surface area contributed by atoms with E-state index in [9.17, 15) is 0 Å². The topological polar surface area (TPSA) is 9.23 Å². The molecule has 2 aliphatic rings. The fourth-order valence-electron chi connectivity index (χ4n) is 2.86. The van der Waals surface area contributed by atoms with Gasteiger partial charge in [0.05, 0.1) is 7.11 Å². The molecule has 18 heavy (non-hydrogen) atoms. The normalized spacial score (nSPS) is 27.5. The van der Waals surface area contributed by atoms with Crippen LogP contribution in [0.2, 0.25) is 0 Å². The fourth-order valence-corrected chi connectivity index (χ4v) is 2.86. The standard InChI is InChI=1S/C17H18O/c1-18-17-8-6-13(7-9-17)10-16-12-14-4-2-3-5-15(16)11-14/h2-10,14-15H,11-12H2,1H3/b16-10-/t14-,15+/m0/s1. The molecule has 0 unspecified atom stereocenters. The van der Waals surface area contributed by atoms with Crippen LogP contribution in [0.25, 0.3) is 6.08 Å². The van der Waals surface area contributed by atoms with Crippen LogP contribution in [-0.4, -0.2) is 7.11 Å². The Morgan fingerprint density at radius 3 is 2.67 bits per heavy atom. The van der Waals surface area contributed by atoms with Crippen LogP contribution in [0.3, 0.4) is 0 Å². The number of hydrogen-bond donors (Lipinski definition) is 0. The summed E-state index contributed by atoms with van der Waals surface area (Å²) in [6.45, 7) is 0. The van der Waals surface area contributed by atoms with E-state index < -0.39 is 0 Å². The Hall–Kier alpha value is -1.76. The van der Waals surface area contributed by atoms with Crippen molar-refractivity contribution in [3.63, 3.8) is 0 Å². The average molecular weight is 238 g/mol. The van der Waals surface area contributed by atoms with Crippen LogP contribution in [0.5, 0.6) is 5.75 Å². The number of fused-ring (bicyclic) bond motifs is 2. The molecule has 1 fully saturated rings. The lowest BCUT2D eigenvalue weighted by atomic mass is 9.99. The Kier molecular flexibility index (Phi) is 3.06. The highest BCUT2D eigenvalue weighted by atomic mass is 16.5. The molecule has 1 aromatic carbocycles. The summed E-state index contributed by atoms with van der Waals surface area (Å²) in [5, 5.41) is 0. The SMILES string of the molecule is COc1ccc(/C=C2/C[C@H]3C=CC=C[C@@H]2C3)cc1. The number of hydrogen-bond acceptors (Lipinski definition) is 1. The van der Waals surface area contributed by atoms with E-state index in [4.69, 9.17) is 4.74 Å². The maximum absolute atomic E-state index is 5.18. The second-order valence-corrected chi connectivity index (χ2v) is 5.07. The average Bonchev–Trinajstić information content (AvgIpc) is 2.61. The van der Waals surface area contributed by atoms with Gasteiger partial charge in [-0.25, -0.2) is 0 Å². The predicted molar refractivity (Wildman–Crippen MR) is 75.5 cm³/mol. The molecular formula is C17H18O. The van der Waals surface area contributed by atoms with Crippen molar-refractivity contribution in [3.8, 4) is 5.75 Å². The summed E-state index contributed by atoms with van der Waals surface area (Å²) in [4.78, 5) is 0. The third-order valence-electron chi connectivity index (χ3n) is 3.84. The minimum absolute atomic E-state index is 0.632. The molecule has 3 rings (SSSR count). The fraction of sp³-hybridized carbons (Fsp3) is 0.294. The molecule has 0 spiro atoms. The highest BCUT2D eigenvalue weighted by molar-refractivity contribution is 5.56. The van der Waals surface area contributed by atoms with Gasteiger partial charge in [-0.2, -0.15) is 0 Å². The lowest BCUT2D eigenvalue weighted by molar-refractivity contribution is 0.415. The lowest BCUT2D eigenvalue weighted by Crippen LogP contribution is -1.91. The molecular weight excluding hydrogens is 220 g/mol. The molecule has 2 atom stereocenters. The highest BCUT2D eigenvalue weighted by Gasteiger charge is 2.26. The third kappa shape index (κ3) is 2.26. The number of allylic oxidation sites excluding steroid dienone is 5. The van der Waals surface area contributed by atoms with Crippen molar-refractivity contribution in [1.82, 2.24) is 0 Å². The summed E-state index contributed by atoms with van der Waals surface area (Å²) in [6.07, 6.45) is 13.9. The van der Waals surface area contributed by atoms with Crippen molar-refractivity contribution in [2.75, 3.05) is 7.11 Å². The molecule has 0 heterocycles. The molecule has 0 radical (unpaired) electrons. The summed E-state index contributed by atoms with van der Waals surface area (Å²) in [6, 6.07) is 8.30. The van der Waals surface area contributed by atoms with Crippen molar-refractivity contribution in [1.29, 1.82) is 0 Å². The van der Waals surface area contributed by atoms with Gasteiger partial charge in [0.25, 0.3) is 0 Å². The van der Waals surface area contributed by atoms with Gasteiger partial charge in [0.15, 0.2) is 0 Å². The van der Waals surface area contributed by atoms with Gasteiger partial charge in [-0.1, -0.05) is 48.1 Å². The Morgan fingerprint density at radius 2 is 1.89 bits per heavy atom. The van der Waals surface area contributed by atoms with Crippen LogP contribution < -0.4 is 4.74 Å². The Balaban J connectivity index is 1.83. The van der Waals surface area contributed by atoms with Crippen LogP contribution in [-0.2, 0) is 0 Å². The molecule has 1 heteroatoms. The van der Waals surface area contributed by atoms with E-state index in [-0.39, 0.29) is 0 Å². The van der Waals surface area contributed by atoms with E-state index in [0.29, 0.717) is 5.92 Å². The van der Waals surface area contributed by atoms with Crippen molar-refractivity contribution in [2.24, 2.45) is 11.8 Å². The first-order valence-electron chi connectivity index (χ1n) is 6.54. The van der Waals surface area contributed by atoms with Gasteiger partial charge >= 0.3 is 0 Å². The lowest BCUT2D eigenvalue weighted by Gasteiger charge is -2.07. The summed E-state index contributed by atoms with van der Waals surface area (Å²) in [7, 11) is 1.70. The van der Waals surface area contributed by atoms with Crippen molar-refractivity contribution in [3.05, 3.63) is 59.7 Å². The van der Waals surface area contributed by atoms with E-state index in [2.05, 4.69) is 42.5 Å². The molecule has 0 N–H and O–H groups in total.